The van der Waals surface area contributed by atoms with Crippen LogP contribution in [0.3, 0.4) is 0 Å². The molecular weight excluding hydrogens is 267 g/mol. The highest BCUT2D eigenvalue weighted by molar-refractivity contribution is 5.70. The van der Waals surface area contributed by atoms with Gasteiger partial charge in [0.1, 0.15) is 5.75 Å². The summed E-state index contributed by atoms with van der Waals surface area (Å²) < 4.78 is 41.1. The lowest BCUT2D eigenvalue weighted by atomic mass is 10.0. The smallest absolute Gasteiger partial charge is 0.405 e. The van der Waals surface area contributed by atoms with Crippen molar-refractivity contribution < 1.29 is 17.9 Å². The van der Waals surface area contributed by atoms with Gasteiger partial charge >= 0.3 is 6.36 Å². The van der Waals surface area contributed by atoms with Crippen LogP contribution < -0.4 is 10.5 Å². The maximum absolute atomic E-state index is 12.4. The summed E-state index contributed by atoms with van der Waals surface area (Å²) in [4.78, 5) is 0. The van der Waals surface area contributed by atoms with Crippen molar-refractivity contribution in [3.05, 3.63) is 54.1 Å². The van der Waals surface area contributed by atoms with Crippen LogP contribution in [-0.4, -0.2) is 6.36 Å². The molecule has 20 heavy (non-hydrogen) atoms. The van der Waals surface area contributed by atoms with Crippen molar-refractivity contribution in [2.75, 3.05) is 0 Å². The van der Waals surface area contributed by atoms with Gasteiger partial charge in [0, 0.05) is 11.6 Å². The van der Waals surface area contributed by atoms with Gasteiger partial charge in [-0.2, -0.15) is 0 Å². The lowest BCUT2D eigenvalue weighted by Gasteiger charge is -2.14. The number of halogens is 3. The molecule has 2 aromatic carbocycles. The third-order valence-electron chi connectivity index (χ3n) is 2.86. The minimum Gasteiger partial charge on any atom is -0.405 e. The molecule has 0 heterocycles. The fourth-order valence-electron chi connectivity index (χ4n) is 1.89. The quantitative estimate of drug-likeness (QED) is 0.911. The van der Waals surface area contributed by atoms with Crippen LogP contribution >= 0.6 is 0 Å². The van der Waals surface area contributed by atoms with Gasteiger partial charge in [-0.15, -0.1) is 13.2 Å². The second-order valence-corrected chi connectivity index (χ2v) is 4.45. The van der Waals surface area contributed by atoms with Crippen LogP contribution in [0, 0.1) is 0 Å². The monoisotopic (exact) mass is 281 g/mol. The van der Waals surface area contributed by atoms with E-state index >= 15 is 0 Å². The van der Waals surface area contributed by atoms with Crippen LogP contribution in [-0.2, 0) is 0 Å². The number of para-hydroxylation sites is 1. The fourth-order valence-corrected chi connectivity index (χ4v) is 1.89. The first-order valence-electron chi connectivity index (χ1n) is 6.07. The first-order chi connectivity index (χ1) is 9.37. The Morgan fingerprint density at radius 2 is 1.60 bits per heavy atom. The number of benzene rings is 2. The Morgan fingerprint density at radius 3 is 2.15 bits per heavy atom. The number of hydrogen-bond donors (Lipinski definition) is 1. The second-order valence-electron chi connectivity index (χ2n) is 4.45. The molecule has 2 nitrogen and oxygen atoms in total. The van der Waals surface area contributed by atoms with Crippen molar-refractivity contribution in [3.63, 3.8) is 0 Å². The maximum atomic E-state index is 12.4. The zero-order valence-electron chi connectivity index (χ0n) is 10.8. The molecule has 0 radical (unpaired) electrons. The van der Waals surface area contributed by atoms with Crippen molar-refractivity contribution in [1.82, 2.24) is 0 Å². The summed E-state index contributed by atoms with van der Waals surface area (Å²) in [6.45, 7) is 1.84. The Hall–Kier alpha value is -2.01. The Kier molecular flexibility index (Phi) is 3.99. The molecular formula is C15H14F3NO. The molecule has 0 saturated heterocycles. The highest BCUT2D eigenvalue weighted by Crippen LogP contribution is 2.33. The molecule has 0 aliphatic rings. The van der Waals surface area contributed by atoms with Crippen molar-refractivity contribution >= 4 is 0 Å². The van der Waals surface area contributed by atoms with Crippen LogP contribution in [0.4, 0.5) is 13.2 Å². The molecule has 2 aromatic rings. The molecule has 5 heteroatoms. The van der Waals surface area contributed by atoms with E-state index in [1.54, 1.807) is 36.4 Å². The van der Waals surface area contributed by atoms with E-state index in [-0.39, 0.29) is 11.8 Å². The van der Waals surface area contributed by atoms with E-state index < -0.39 is 6.36 Å². The van der Waals surface area contributed by atoms with Crippen LogP contribution in [0.25, 0.3) is 11.1 Å². The third kappa shape index (κ3) is 3.51. The van der Waals surface area contributed by atoms with Crippen LogP contribution in [0.5, 0.6) is 5.75 Å². The minimum absolute atomic E-state index is 0.120. The molecule has 1 atom stereocenters. The molecule has 2 rings (SSSR count). The third-order valence-corrected chi connectivity index (χ3v) is 2.86. The lowest BCUT2D eigenvalue weighted by molar-refractivity contribution is -0.274. The summed E-state index contributed by atoms with van der Waals surface area (Å²) in [6.07, 6.45) is -4.71. The van der Waals surface area contributed by atoms with Crippen LogP contribution in [0.15, 0.2) is 48.5 Å². The number of rotatable bonds is 3. The van der Waals surface area contributed by atoms with E-state index in [9.17, 15) is 13.2 Å². The standard InChI is InChI=1S/C15H14F3NO/c1-10(19)11-6-8-12(9-7-11)13-4-2-3-5-14(13)20-15(16,17)18/h2-10H,19H2,1H3. The molecule has 0 aliphatic heterocycles. The van der Waals surface area contributed by atoms with Gasteiger partial charge in [0.2, 0.25) is 0 Å². The van der Waals surface area contributed by atoms with E-state index in [0.29, 0.717) is 11.1 Å². The average Bonchev–Trinajstić information content (AvgIpc) is 2.37. The van der Waals surface area contributed by atoms with Crippen LogP contribution in [0.2, 0.25) is 0 Å². The fraction of sp³-hybridized carbons (Fsp3) is 0.200. The van der Waals surface area contributed by atoms with E-state index in [0.717, 1.165) is 5.56 Å². The molecule has 0 bridgehead atoms. The van der Waals surface area contributed by atoms with Gasteiger partial charge in [-0.25, -0.2) is 0 Å². The molecule has 0 amide bonds. The van der Waals surface area contributed by atoms with Gasteiger partial charge in [0.05, 0.1) is 0 Å². The predicted molar refractivity (Wildman–Crippen MR) is 71.2 cm³/mol. The summed E-state index contributed by atoms with van der Waals surface area (Å²) >= 11 is 0. The Balaban J connectivity index is 2.37. The molecule has 106 valence electrons. The molecule has 2 N–H and O–H groups in total. The molecule has 1 unspecified atom stereocenters. The number of alkyl halides is 3. The van der Waals surface area contributed by atoms with E-state index in [1.165, 1.54) is 12.1 Å². The summed E-state index contributed by atoms with van der Waals surface area (Å²) in [6, 6.07) is 13.0. The van der Waals surface area contributed by atoms with Crippen LogP contribution in [0.1, 0.15) is 18.5 Å². The first-order valence-corrected chi connectivity index (χ1v) is 6.07. The van der Waals surface area contributed by atoms with E-state index in [4.69, 9.17) is 5.73 Å². The summed E-state index contributed by atoms with van der Waals surface area (Å²) in [5.74, 6) is -0.214. The predicted octanol–water partition coefficient (Wildman–Crippen LogP) is 4.27. The first kappa shape index (κ1) is 14.4. The van der Waals surface area contributed by atoms with Crippen molar-refractivity contribution in [1.29, 1.82) is 0 Å². The summed E-state index contributed by atoms with van der Waals surface area (Å²) in [5.41, 5.74) is 7.70. The Morgan fingerprint density at radius 1 is 1.00 bits per heavy atom. The van der Waals surface area contributed by atoms with Gasteiger partial charge in [0.25, 0.3) is 0 Å². The normalized spacial score (nSPS) is 13.1. The van der Waals surface area contributed by atoms with Gasteiger partial charge in [-0.1, -0.05) is 42.5 Å². The molecule has 0 fully saturated rings. The number of hydrogen-bond acceptors (Lipinski definition) is 2. The maximum Gasteiger partial charge on any atom is 0.573 e. The van der Waals surface area contributed by atoms with Crippen molar-refractivity contribution in [2.45, 2.75) is 19.3 Å². The zero-order valence-corrected chi connectivity index (χ0v) is 10.8. The molecule has 0 aromatic heterocycles. The van der Waals surface area contributed by atoms with Gasteiger partial charge < -0.3 is 10.5 Å². The number of nitrogens with two attached hydrogens (primary N) is 1. The Labute approximate surface area is 115 Å². The van der Waals surface area contributed by atoms with Crippen molar-refractivity contribution in [3.8, 4) is 16.9 Å². The Bertz CT molecular complexity index is 576. The van der Waals surface area contributed by atoms with Crippen molar-refractivity contribution in [2.24, 2.45) is 5.73 Å². The average molecular weight is 281 g/mol. The molecule has 0 saturated carbocycles. The highest BCUT2D eigenvalue weighted by Gasteiger charge is 2.32. The zero-order chi connectivity index (χ0) is 14.8. The molecule has 0 aliphatic carbocycles. The largest absolute Gasteiger partial charge is 0.573 e. The lowest BCUT2D eigenvalue weighted by Crippen LogP contribution is -2.17. The molecule has 0 spiro atoms. The van der Waals surface area contributed by atoms with E-state index in [2.05, 4.69) is 4.74 Å². The SMILES string of the molecule is CC(N)c1ccc(-c2ccccc2OC(F)(F)F)cc1. The topological polar surface area (TPSA) is 35.2 Å². The summed E-state index contributed by atoms with van der Waals surface area (Å²) in [5, 5.41) is 0. The van der Waals surface area contributed by atoms with Gasteiger partial charge in [0.15, 0.2) is 0 Å². The number of ether oxygens (including phenoxy) is 1. The van der Waals surface area contributed by atoms with Gasteiger partial charge in [-0.3, -0.25) is 0 Å². The highest BCUT2D eigenvalue weighted by atomic mass is 19.4. The van der Waals surface area contributed by atoms with E-state index in [1.807, 2.05) is 6.92 Å². The minimum atomic E-state index is -4.71. The summed E-state index contributed by atoms with van der Waals surface area (Å²) in [7, 11) is 0. The second kappa shape index (κ2) is 5.54. The van der Waals surface area contributed by atoms with Gasteiger partial charge in [-0.05, 0) is 24.1 Å².